The molecule has 2 rings (SSSR count). The molecule has 0 spiro atoms. The van der Waals surface area contributed by atoms with Gasteiger partial charge in [0.1, 0.15) is 11.4 Å². The summed E-state index contributed by atoms with van der Waals surface area (Å²) in [6.45, 7) is 5.95. The smallest absolute Gasteiger partial charge is 0.410 e. The first-order chi connectivity index (χ1) is 10.7. The van der Waals surface area contributed by atoms with E-state index in [1.807, 2.05) is 0 Å². The lowest BCUT2D eigenvalue weighted by Gasteiger charge is -2.29. The highest BCUT2D eigenvalue weighted by atomic mass is 79.9. The van der Waals surface area contributed by atoms with Crippen LogP contribution < -0.4 is 0 Å². The van der Waals surface area contributed by atoms with Crippen molar-refractivity contribution in [2.75, 3.05) is 11.9 Å². The Labute approximate surface area is 144 Å². The average molecular weight is 386 g/mol. The van der Waals surface area contributed by atoms with Gasteiger partial charge in [-0.1, -0.05) is 28.1 Å². The lowest BCUT2D eigenvalue weighted by atomic mass is 10.0. The molecular formula is C17H21BrFNO3. The van der Waals surface area contributed by atoms with Crippen LogP contribution in [0.3, 0.4) is 0 Å². The molecule has 126 valence electrons. The quantitative estimate of drug-likeness (QED) is 0.569. The number of amides is 1. The third kappa shape index (κ3) is 4.31. The Morgan fingerprint density at radius 1 is 1.39 bits per heavy atom. The van der Waals surface area contributed by atoms with E-state index in [1.165, 1.54) is 6.07 Å². The third-order valence-electron chi connectivity index (χ3n) is 3.68. The van der Waals surface area contributed by atoms with E-state index in [2.05, 4.69) is 15.9 Å². The number of ether oxygens (including phenoxy) is 1. The number of ketones is 1. The fourth-order valence-electron chi connectivity index (χ4n) is 2.68. The molecule has 0 bridgehead atoms. The van der Waals surface area contributed by atoms with Crippen molar-refractivity contribution in [1.82, 2.24) is 4.90 Å². The van der Waals surface area contributed by atoms with Gasteiger partial charge in [-0.15, -0.1) is 0 Å². The van der Waals surface area contributed by atoms with Crippen molar-refractivity contribution >= 4 is 27.8 Å². The van der Waals surface area contributed by atoms with Crippen molar-refractivity contribution in [3.63, 3.8) is 0 Å². The molecule has 1 atom stereocenters. The van der Waals surface area contributed by atoms with E-state index in [9.17, 15) is 14.0 Å². The van der Waals surface area contributed by atoms with E-state index in [-0.39, 0.29) is 17.2 Å². The first-order valence-corrected chi connectivity index (χ1v) is 8.73. The predicted octanol–water partition coefficient (Wildman–Crippen LogP) is 4.48. The largest absolute Gasteiger partial charge is 0.444 e. The van der Waals surface area contributed by atoms with Crippen LogP contribution in [0.25, 0.3) is 0 Å². The molecule has 1 aromatic carbocycles. The molecule has 1 unspecified atom stereocenters. The Bertz CT molecular complexity index is 612. The second-order valence-corrected chi connectivity index (χ2v) is 7.19. The number of rotatable bonds is 3. The number of hydrogen-bond acceptors (Lipinski definition) is 3. The monoisotopic (exact) mass is 385 g/mol. The van der Waals surface area contributed by atoms with E-state index in [0.717, 1.165) is 6.42 Å². The van der Waals surface area contributed by atoms with Crippen LogP contribution in [0.4, 0.5) is 9.18 Å². The molecule has 1 aromatic rings. The van der Waals surface area contributed by atoms with Crippen LogP contribution in [0.5, 0.6) is 0 Å². The fraction of sp³-hybridized carbons (Fsp3) is 0.529. The SMILES string of the molecule is CC(C)(C)OC(=O)N1CCCC1c1ccc(C(=O)CBr)cc1F. The predicted molar refractivity (Wildman–Crippen MR) is 89.4 cm³/mol. The summed E-state index contributed by atoms with van der Waals surface area (Å²) >= 11 is 3.08. The Hall–Kier alpha value is -1.43. The van der Waals surface area contributed by atoms with E-state index in [4.69, 9.17) is 4.74 Å². The highest BCUT2D eigenvalue weighted by Crippen LogP contribution is 2.34. The molecular weight excluding hydrogens is 365 g/mol. The number of nitrogens with zero attached hydrogens (tertiary/aromatic N) is 1. The molecule has 23 heavy (non-hydrogen) atoms. The Kier molecular flexibility index (Phi) is 5.45. The van der Waals surface area contributed by atoms with Crippen LogP contribution in [-0.2, 0) is 4.74 Å². The van der Waals surface area contributed by atoms with Crippen LogP contribution in [0.2, 0.25) is 0 Å². The lowest BCUT2D eigenvalue weighted by molar-refractivity contribution is 0.0222. The zero-order valence-corrected chi connectivity index (χ0v) is 15.2. The highest BCUT2D eigenvalue weighted by Gasteiger charge is 2.34. The van der Waals surface area contributed by atoms with Gasteiger partial charge in [0.05, 0.1) is 11.4 Å². The molecule has 0 radical (unpaired) electrons. The van der Waals surface area contributed by atoms with Crippen molar-refractivity contribution in [3.05, 3.63) is 35.1 Å². The molecule has 1 heterocycles. The Balaban J connectivity index is 2.23. The molecule has 4 nitrogen and oxygen atoms in total. The zero-order valence-electron chi connectivity index (χ0n) is 13.6. The molecule has 0 aliphatic carbocycles. The van der Waals surface area contributed by atoms with Gasteiger partial charge >= 0.3 is 6.09 Å². The molecule has 1 amide bonds. The normalized spacial score (nSPS) is 18.1. The Morgan fingerprint density at radius 3 is 2.65 bits per heavy atom. The van der Waals surface area contributed by atoms with Gasteiger partial charge in [0, 0.05) is 17.7 Å². The number of carbonyl (C=O) groups excluding carboxylic acids is 2. The first-order valence-electron chi connectivity index (χ1n) is 7.61. The van der Waals surface area contributed by atoms with Crippen molar-refractivity contribution in [2.24, 2.45) is 0 Å². The summed E-state index contributed by atoms with van der Waals surface area (Å²) < 4.78 is 19.8. The highest BCUT2D eigenvalue weighted by molar-refractivity contribution is 9.09. The minimum atomic E-state index is -0.588. The van der Waals surface area contributed by atoms with Crippen LogP contribution in [0, 0.1) is 5.82 Å². The molecule has 1 saturated heterocycles. The lowest BCUT2D eigenvalue weighted by Crippen LogP contribution is -2.36. The van der Waals surface area contributed by atoms with Crippen molar-refractivity contribution in [2.45, 2.75) is 45.3 Å². The van der Waals surface area contributed by atoms with Crippen LogP contribution in [-0.4, -0.2) is 34.3 Å². The maximum atomic E-state index is 14.4. The summed E-state index contributed by atoms with van der Waals surface area (Å²) in [5.41, 5.74) is 0.166. The van der Waals surface area contributed by atoms with Gasteiger partial charge in [-0.25, -0.2) is 9.18 Å². The summed E-state index contributed by atoms with van der Waals surface area (Å²) in [5, 5.41) is 0.152. The average Bonchev–Trinajstić information content (AvgIpc) is 2.93. The zero-order chi connectivity index (χ0) is 17.2. The third-order valence-corrected chi connectivity index (χ3v) is 4.19. The van der Waals surface area contributed by atoms with Crippen molar-refractivity contribution in [1.29, 1.82) is 0 Å². The number of carbonyl (C=O) groups is 2. The summed E-state index contributed by atoms with van der Waals surface area (Å²) in [5.74, 6) is -0.636. The van der Waals surface area contributed by atoms with Crippen molar-refractivity contribution in [3.8, 4) is 0 Å². The summed E-state index contributed by atoms with van der Waals surface area (Å²) in [4.78, 5) is 25.5. The second kappa shape index (κ2) is 6.99. The van der Waals surface area contributed by atoms with E-state index in [0.29, 0.717) is 24.1 Å². The number of hydrogen-bond donors (Lipinski definition) is 0. The number of Topliss-reactive ketones (excluding diaryl/α,β-unsaturated/α-hetero) is 1. The van der Waals surface area contributed by atoms with Gasteiger partial charge in [0.2, 0.25) is 0 Å². The topological polar surface area (TPSA) is 46.6 Å². The first kappa shape index (κ1) is 17.9. The van der Waals surface area contributed by atoms with Gasteiger partial charge in [-0.05, 0) is 39.7 Å². The summed E-state index contributed by atoms with van der Waals surface area (Å²) in [6, 6.07) is 4.09. The fourth-order valence-corrected chi connectivity index (χ4v) is 3.00. The number of likely N-dealkylation sites (tertiary alicyclic amines) is 1. The van der Waals surface area contributed by atoms with Crippen LogP contribution in [0.1, 0.15) is 55.6 Å². The van der Waals surface area contributed by atoms with Crippen LogP contribution >= 0.6 is 15.9 Å². The molecule has 0 N–H and O–H groups in total. The van der Waals surface area contributed by atoms with Crippen molar-refractivity contribution < 1.29 is 18.7 Å². The van der Waals surface area contributed by atoms with E-state index in [1.54, 1.807) is 37.8 Å². The molecule has 1 aliphatic heterocycles. The molecule has 1 fully saturated rings. The maximum absolute atomic E-state index is 14.4. The van der Waals surface area contributed by atoms with E-state index < -0.39 is 17.5 Å². The number of alkyl halides is 1. The van der Waals surface area contributed by atoms with Gasteiger partial charge in [-0.3, -0.25) is 4.79 Å². The second-order valence-electron chi connectivity index (χ2n) is 6.62. The molecule has 0 saturated carbocycles. The number of halogens is 2. The van der Waals surface area contributed by atoms with E-state index >= 15 is 0 Å². The summed E-state index contributed by atoms with van der Waals surface area (Å²) in [6.07, 6.45) is 1.05. The Morgan fingerprint density at radius 2 is 2.09 bits per heavy atom. The van der Waals surface area contributed by atoms with Gasteiger partial charge < -0.3 is 9.64 Å². The molecule has 0 aromatic heterocycles. The standard InChI is InChI=1S/C17H21BrFNO3/c1-17(2,3)23-16(22)20-8-4-5-14(20)12-7-6-11(9-13(12)19)15(21)10-18/h6-7,9,14H,4-5,8,10H2,1-3H3. The molecule has 6 heteroatoms. The van der Waals surface area contributed by atoms with Gasteiger partial charge in [0.25, 0.3) is 0 Å². The minimum Gasteiger partial charge on any atom is -0.444 e. The number of benzene rings is 1. The summed E-state index contributed by atoms with van der Waals surface area (Å²) in [7, 11) is 0. The van der Waals surface area contributed by atoms with Gasteiger partial charge in [0.15, 0.2) is 5.78 Å². The van der Waals surface area contributed by atoms with Crippen LogP contribution in [0.15, 0.2) is 18.2 Å². The minimum absolute atomic E-state index is 0.152. The maximum Gasteiger partial charge on any atom is 0.410 e. The molecule has 1 aliphatic rings. The van der Waals surface area contributed by atoms with Gasteiger partial charge in [-0.2, -0.15) is 0 Å².